The van der Waals surface area contributed by atoms with Gasteiger partial charge in [-0.15, -0.1) is 0 Å². The van der Waals surface area contributed by atoms with Gasteiger partial charge in [-0.25, -0.2) is 8.42 Å². The number of sulfonamides is 1. The predicted octanol–water partition coefficient (Wildman–Crippen LogP) is 1.84. The average molecular weight is 375 g/mol. The van der Waals surface area contributed by atoms with Crippen molar-refractivity contribution in [3.05, 3.63) is 47.5 Å². The molecule has 0 aromatic heterocycles. The molecule has 0 spiro atoms. The minimum atomic E-state index is -3.86. The number of rotatable bonds is 4. The van der Waals surface area contributed by atoms with Gasteiger partial charge in [0.2, 0.25) is 0 Å². The lowest BCUT2D eigenvalue weighted by Crippen LogP contribution is -2.30. The van der Waals surface area contributed by atoms with Crippen LogP contribution in [0.5, 0.6) is 11.5 Å². The van der Waals surface area contributed by atoms with E-state index in [0.717, 1.165) is 5.56 Å². The van der Waals surface area contributed by atoms with Gasteiger partial charge in [-0.05, 0) is 35.7 Å². The minimum Gasteiger partial charge on any atom is -0.486 e. The Labute approximate surface area is 150 Å². The molecule has 8 heteroatoms. The fourth-order valence-corrected chi connectivity index (χ4v) is 4.94. The van der Waals surface area contributed by atoms with E-state index in [0.29, 0.717) is 43.2 Å². The maximum atomic E-state index is 13.3. The first-order valence-electron chi connectivity index (χ1n) is 8.22. The van der Waals surface area contributed by atoms with E-state index in [1.807, 2.05) is 0 Å². The first-order chi connectivity index (χ1) is 12.5. The fourth-order valence-electron chi connectivity index (χ4n) is 3.30. The van der Waals surface area contributed by atoms with Crippen LogP contribution in [0.3, 0.4) is 0 Å². The third kappa shape index (κ3) is 2.76. The maximum absolute atomic E-state index is 13.3. The highest BCUT2D eigenvalue weighted by Gasteiger charge is 2.35. The van der Waals surface area contributed by atoms with Crippen molar-refractivity contribution in [3.63, 3.8) is 0 Å². The fraction of sp³-hybridized carbons (Fsp3) is 0.278. The summed E-state index contributed by atoms with van der Waals surface area (Å²) in [7, 11) is -3.86. The number of ether oxygens (including phenoxy) is 2. The molecule has 26 heavy (non-hydrogen) atoms. The van der Waals surface area contributed by atoms with Crippen LogP contribution in [-0.2, 0) is 27.7 Å². The smallest absolute Gasteiger partial charge is 0.307 e. The number of para-hydroxylation sites is 1. The van der Waals surface area contributed by atoms with E-state index in [4.69, 9.17) is 14.6 Å². The van der Waals surface area contributed by atoms with Gasteiger partial charge in [0.05, 0.1) is 12.1 Å². The molecular formula is C18H17NO6S. The first-order valence-corrected chi connectivity index (χ1v) is 9.66. The number of fused-ring (bicyclic) bond motifs is 2. The molecule has 7 nitrogen and oxygen atoms in total. The zero-order valence-electron chi connectivity index (χ0n) is 13.8. The SMILES string of the molecule is O=C(O)Cc1ccc2c(c1)N(S(=O)(=O)c1cccc3c1OCCO3)CC2. The van der Waals surface area contributed by atoms with E-state index in [9.17, 15) is 13.2 Å². The van der Waals surface area contributed by atoms with Gasteiger partial charge in [0.15, 0.2) is 11.5 Å². The summed E-state index contributed by atoms with van der Waals surface area (Å²) in [6.07, 6.45) is 0.424. The van der Waals surface area contributed by atoms with Crippen LogP contribution < -0.4 is 13.8 Å². The highest BCUT2D eigenvalue weighted by atomic mass is 32.2. The second-order valence-electron chi connectivity index (χ2n) is 6.14. The number of carboxylic acids is 1. The summed E-state index contributed by atoms with van der Waals surface area (Å²) >= 11 is 0. The van der Waals surface area contributed by atoms with Gasteiger partial charge in [-0.2, -0.15) is 0 Å². The number of carboxylic acid groups (broad SMARTS) is 1. The summed E-state index contributed by atoms with van der Waals surface area (Å²) in [4.78, 5) is 11.0. The van der Waals surface area contributed by atoms with Crippen molar-refractivity contribution in [2.24, 2.45) is 0 Å². The molecule has 0 atom stereocenters. The molecule has 1 N–H and O–H groups in total. The van der Waals surface area contributed by atoms with Crippen LogP contribution in [0, 0.1) is 0 Å². The van der Waals surface area contributed by atoms with Gasteiger partial charge in [-0.1, -0.05) is 18.2 Å². The largest absolute Gasteiger partial charge is 0.486 e. The van der Waals surface area contributed by atoms with Gasteiger partial charge in [-0.3, -0.25) is 9.10 Å². The van der Waals surface area contributed by atoms with Crippen molar-refractivity contribution < 1.29 is 27.8 Å². The number of carbonyl (C=O) groups is 1. The van der Waals surface area contributed by atoms with E-state index in [2.05, 4.69) is 0 Å². The van der Waals surface area contributed by atoms with E-state index in [1.165, 1.54) is 10.4 Å². The van der Waals surface area contributed by atoms with Crippen molar-refractivity contribution >= 4 is 21.7 Å². The summed E-state index contributed by atoms with van der Waals surface area (Å²) < 4.78 is 38.9. The number of nitrogens with zero attached hydrogens (tertiary/aromatic N) is 1. The Kier molecular flexibility index (Phi) is 3.99. The normalized spacial score (nSPS) is 15.6. The Morgan fingerprint density at radius 3 is 2.77 bits per heavy atom. The summed E-state index contributed by atoms with van der Waals surface area (Å²) in [5.41, 5.74) is 1.97. The number of anilines is 1. The van der Waals surface area contributed by atoms with E-state index < -0.39 is 16.0 Å². The van der Waals surface area contributed by atoms with Crippen LogP contribution in [0.25, 0.3) is 0 Å². The van der Waals surface area contributed by atoms with Crippen molar-refractivity contribution in [2.75, 3.05) is 24.1 Å². The van der Waals surface area contributed by atoms with Gasteiger partial charge >= 0.3 is 5.97 Å². The number of benzene rings is 2. The quantitative estimate of drug-likeness (QED) is 0.876. The highest BCUT2D eigenvalue weighted by Crippen LogP contribution is 2.41. The van der Waals surface area contributed by atoms with Gasteiger partial charge < -0.3 is 14.6 Å². The molecule has 2 aromatic rings. The Morgan fingerprint density at radius 1 is 1.15 bits per heavy atom. The van der Waals surface area contributed by atoms with Crippen molar-refractivity contribution in [1.29, 1.82) is 0 Å². The van der Waals surface area contributed by atoms with E-state index in [1.54, 1.807) is 30.3 Å². The predicted molar refractivity (Wildman–Crippen MR) is 93.4 cm³/mol. The third-order valence-electron chi connectivity index (χ3n) is 4.46. The minimum absolute atomic E-state index is 0.0613. The van der Waals surface area contributed by atoms with Crippen molar-refractivity contribution in [2.45, 2.75) is 17.7 Å². The standard InChI is InChI=1S/C18H17NO6S/c20-17(21)11-12-4-5-13-6-7-19(14(13)10-12)26(22,23)16-3-1-2-15-18(16)25-9-8-24-15/h1-5,10H,6-9,11H2,(H,20,21). The second kappa shape index (κ2) is 6.21. The van der Waals surface area contributed by atoms with Gasteiger partial charge in [0, 0.05) is 6.54 Å². The molecule has 0 amide bonds. The van der Waals surface area contributed by atoms with Crippen LogP contribution in [0.1, 0.15) is 11.1 Å². The second-order valence-corrected chi connectivity index (χ2v) is 7.97. The van der Waals surface area contributed by atoms with E-state index in [-0.39, 0.29) is 17.1 Å². The lowest BCUT2D eigenvalue weighted by atomic mass is 10.1. The van der Waals surface area contributed by atoms with Gasteiger partial charge in [0.1, 0.15) is 18.1 Å². The Balaban J connectivity index is 1.77. The molecule has 2 aliphatic heterocycles. The number of aliphatic carboxylic acids is 1. The molecule has 0 radical (unpaired) electrons. The molecule has 2 aromatic carbocycles. The van der Waals surface area contributed by atoms with Crippen molar-refractivity contribution in [3.8, 4) is 11.5 Å². The molecule has 0 fully saturated rings. The van der Waals surface area contributed by atoms with Crippen LogP contribution in [0.4, 0.5) is 5.69 Å². The molecule has 4 rings (SSSR count). The molecule has 0 saturated heterocycles. The number of hydrogen-bond donors (Lipinski definition) is 1. The Hall–Kier alpha value is -2.74. The lowest BCUT2D eigenvalue weighted by molar-refractivity contribution is -0.136. The number of hydrogen-bond acceptors (Lipinski definition) is 5. The topological polar surface area (TPSA) is 93.1 Å². The molecule has 0 saturated carbocycles. The monoisotopic (exact) mass is 375 g/mol. The summed E-state index contributed by atoms with van der Waals surface area (Å²) in [6.45, 7) is 0.971. The molecule has 136 valence electrons. The summed E-state index contributed by atoms with van der Waals surface area (Å²) in [5, 5.41) is 8.99. The highest BCUT2D eigenvalue weighted by molar-refractivity contribution is 7.93. The molecule has 2 aliphatic rings. The zero-order valence-corrected chi connectivity index (χ0v) is 14.7. The maximum Gasteiger partial charge on any atom is 0.307 e. The summed E-state index contributed by atoms with van der Waals surface area (Å²) in [5.74, 6) is -0.315. The Morgan fingerprint density at radius 2 is 1.96 bits per heavy atom. The lowest BCUT2D eigenvalue weighted by Gasteiger charge is -2.25. The molecule has 0 unspecified atom stereocenters. The van der Waals surface area contributed by atoms with Crippen LogP contribution in [0.2, 0.25) is 0 Å². The Bertz CT molecular complexity index is 985. The van der Waals surface area contributed by atoms with Crippen LogP contribution in [-0.4, -0.2) is 39.3 Å². The van der Waals surface area contributed by atoms with Gasteiger partial charge in [0.25, 0.3) is 10.0 Å². The first kappa shape index (κ1) is 16.7. The van der Waals surface area contributed by atoms with E-state index >= 15 is 0 Å². The van der Waals surface area contributed by atoms with Crippen LogP contribution >= 0.6 is 0 Å². The molecule has 0 bridgehead atoms. The third-order valence-corrected chi connectivity index (χ3v) is 6.29. The zero-order chi connectivity index (χ0) is 18.3. The average Bonchev–Trinajstić information content (AvgIpc) is 3.04. The summed E-state index contributed by atoms with van der Waals surface area (Å²) in [6, 6.07) is 9.96. The molecular weight excluding hydrogens is 358 g/mol. The molecule has 0 aliphatic carbocycles. The van der Waals surface area contributed by atoms with Crippen LogP contribution in [0.15, 0.2) is 41.3 Å². The van der Waals surface area contributed by atoms with Crippen molar-refractivity contribution in [1.82, 2.24) is 0 Å². The molecule has 2 heterocycles.